The van der Waals surface area contributed by atoms with Gasteiger partial charge in [0, 0.05) is 5.92 Å². The summed E-state index contributed by atoms with van der Waals surface area (Å²) < 4.78 is 5.99. The van der Waals surface area contributed by atoms with E-state index < -0.39 is 0 Å². The topological polar surface area (TPSA) is 9.23 Å². The molecule has 1 nitrogen and oxygen atoms in total. The number of rotatable bonds is 0. The monoisotopic (exact) mass is 166 g/mol. The lowest BCUT2D eigenvalue weighted by Crippen LogP contribution is -2.38. The zero-order valence-corrected chi connectivity index (χ0v) is 8.05. The first-order valence-electron chi connectivity index (χ1n) is 5.04. The lowest BCUT2D eigenvalue weighted by Gasteiger charge is -2.39. The second-order valence-electron chi connectivity index (χ2n) is 4.57. The van der Waals surface area contributed by atoms with Gasteiger partial charge in [0.1, 0.15) is 0 Å². The zero-order valence-electron chi connectivity index (χ0n) is 8.05. The van der Waals surface area contributed by atoms with E-state index in [1.54, 1.807) is 0 Å². The van der Waals surface area contributed by atoms with Gasteiger partial charge in [0.25, 0.3) is 0 Å². The number of fused-ring (bicyclic) bond motifs is 1. The van der Waals surface area contributed by atoms with E-state index in [9.17, 15) is 0 Å². The van der Waals surface area contributed by atoms with Gasteiger partial charge >= 0.3 is 0 Å². The van der Waals surface area contributed by atoms with E-state index in [2.05, 4.69) is 26.0 Å². The summed E-state index contributed by atoms with van der Waals surface area (Å²) in [5.74, 6) is 0.715. The fourth-order valence-electron chi connectivity index (χ4n) is 2.28. The minimum atomic E-state index is -0.0154. The molecule has 1 heterocycles. The summed E-state index contributed by atoms with van der Waals surface area (Å²) in [6, 6.07) is 0. The summed E-state index contributed by atoms with van der Waals surface area (Å²) in [5, 5.41) is 0. The Balaban J connectivity index is 2.11. The molecule has 68 valence electrons. The molecule has 2 rings (SSSR count). The Hall–Kier alpha value is -0.300. The Morgan fingerprint density at radius 3 is 2.83 bits per heavy atom. The molecule has 2 atom stereocenters. The minimum Gasteiger partial charge on any atom is -0.368 e. The summed E-state index contributed by atoms with van der Waals surface area (Å²) >= 11 is 0. The minimum absolute atomic E-state index is 0.0154. The molecular formula is C11H18O. The van der Waals surface area contributed by atoms with Crippen molar-refractivity contribution in [3.05, 3.63) is 12.2 Å². The Bertz CT molecular complexity index is 193. The van der Waals surface area contributed by atoms with Crippen LogP contribution in [0, 0.1) is 5.92 Å². The van der Waals surface area contributed by atoms with Gasteiger partial charge < -0.3 is 4.74 Å². The van der Waals surface area contributed by atoms with Crippen molar-refractivity contribution in [3.63, 3.8) is 0 Å². The highest BCUT2D eigenvalue weighted by Crippen LogP contribution is 2.35. The van der Waals surface area contributed by atoms with E-state index in [-0.39, 0.29) is 5.60 Å². The van der Waals surface area contributed by atoms with Crippen LogP contribution in [0.15, 0.2) is 12.2 Å². The van der Waals surface area contributed by atoms with Crippen LogP contribution in [0.1, 0.15) is 39.5 Å². The summed E-state index contributed by atoms with van der Waals surface area (Å²) in [6.45, 7) is 4.29. The van der Waals surface area contributed by atoms with Crippen molar-refractivity contribution >= 4 is 0 Å². The van der Waals surface area contributed by atoms with Gasteiger partial charge in [-0.2, -0.15) is 0 Å². The third-order valence-corrected chi connectivity index (χ3v) is 2.95. The largest absolute Gasteiger partial charge is 0.368 e. The van der Waals surface area contributed by atoms with Crippen molar-refractivity contribution in [1.82, 2.24) is 0 Å². The first kappa shape index (κ1) is 8.31. The highest BCUT2D eigenvalue weighted by molar-refractivity contribution is 5.07. The van der Waals surface area contributed by atoms with Gasteiger partial charge in [-0.05, 0) is 26.7 Å². The van der Waals surface area contributed by atoms with Gasteiger partial charge in [0.05, 0.1) is 11.7 Å². The molecule has 0 aromatic carbocycles. The quantitative estimate of drug-likeness (QED) is 0.503. The van der Waals surface area contributed by atoms with E-state index in [1.165, 1.54) is 25.7 Å². The Morgan fingerprint density at radius 1 is 1.25 bits per heavy atom. The Labute approximate surface area is 74.8 Å². The van der Waals surface area contributed by atoms with E-state index in [0.717, 1.165) is 0 Å². The molecule has 1 heteroatoms. The Kier molecular flexibility index (Phi) is 1.99. The van der Waals surface area contributed by atoms with Crippen LogP contribution >= 0.6 is 0 Å². The molecule has 0 spiro atoms. The summed E-state index contributed by atoms with van der Waals surface area (Å²) in [6.07, 6.45) is 10.4. The van der Waals surface area contributed by atoms with Crippen molar-refractivity contribution in [2.75, 3.05) is 0 Å². The average Bonchev–Trinajstić information content (AvgIpc) is 2.02. The number of ether oxygens (including phenoxy) is 1. The highest BCUT2D eigenvalue weighted by Gasteiger charge is 2.32. The fraction of sp³-hybridized carbons (Fsp3) is 0.818. The lowest BCUT2D eigenvalue weighted by atomic mass is 9.83. The second kappa shape index (κ2) is 2.88. The van der Waals surface area contributed by atoms with Crippen LogP contribution in [0.25, 0.3) is 0 Å². The Morgan fingerprint density at radius 2 is 2.00 bits per heavy atom. The maximum Gasteiger partial charge on any atom is 0.0810 e. The van der Waals surface area contributed by atoms with Crippen LogP contribution in [0.2, 0.25) is 0 Å². The molecule has 12 heavy (non-hydrogen) atoms. The van der Waals surface area contributed by atoms with Crippen LogP contribution in [0.5, 0.6) is 0 Å². The predicted molar refractivity (Wildman–Crippen MR) is 50.1 cm³/mol. The first-order chi connectivity index (χ1) is 5.67. The van der Waals surface area contributed by atoms with Gasteiger partial charge in [0.2, 0.25) is 0 Å². The molecule has 0 N–H and O–H groups in total. The van der Waals surface area contributed by atoms with Crippen molar-refractivity contribution in [2.45, 2.75) is 51.2 Å². The molecule has 2 aliphatic rings. The summed E-state index contributed by atoms with van der Waals surface area (Å²) in [7, 11) is 0. The SMILES string of the molecule is CC1(C)C=CC2CCCCC2O1. The molecule has 0 bridgehead atoms. The van der Waals surface area contributed by atoms with Crippen molar-refractivity contribution < 1.29 is 4.74 Å². The number of hydrogen-bond donors (Lipinski definition) is 0. The van der Waals surface area contributed by atoms with E-state index in [1.807, 2.05) is 0 Å². The third kappa shape index (κ3) is 1.56. The molecular weight excluding hydrogens is 148 g/mol. The van der Waals surface area contributed by atoms with Crippen molar-refractivity contribution in [2.24, 2.45) is 5.92 Å². The molecule has 1 aliphatic carbocycles. The van der Waals surface area contributed by atoms with Gasteiger partial charge in [0.15, 0.2) is 0 Å². The first-order valence-corrected chi connectivity index (χ1v) is 5.04. The lowest BCUT2D eigenvalue weighted by molar-refractivity contribution is -0.0843. The van der Waals surface area contributed by atoms with E-state index >= 15 is 0 Å². The summed E-state index contributed by atoms with van der Waals surface area (Å²) in [5.41, 5.74) is -0.0154. The molecule has 1 fully saturated rings. The van der Waals surface area contributed by atoms with Crippen LogP contribution in [0.4, 0.5) is 0 Å². The van der Waals surface area contributed by atoms with Crippen LogP contribution in [-0.2, 0) is 4.74 Å². The average molecular weight is 166 g/mol. The smallest absolute Gasteiger partial charge is 0.0810 e. The highest BCUT2D eigenvalue weighted by atomic mass is 16.5. The van der Waals surface area contributed by atoms with Crippen LogP contribution < -0.4 is 0 Å². The molecule has 0 aromatic rings. The molecule has 0 saturated heterocycles. The van der Waals surface area contributed by atoms with Crippen LogP contribution in [0.3, 0.4) is 0 Å². The normalized spacial score (nSPS) is 39.2. The predicted octanol–water partition coefficient (Wildman–Crippen LogP) is 2.91. The van der Waals surface area contributed by atoms with Gasteiger partial charge in [-0.25, -0.2) is 0 Å². The van der Waals surface area contributed by atoms with Gasteiger partial charge in [-0.3, -0.25) is 0 Å². The summed E-state index contributed by atoms with van der Waals surface area (Å²) in [4.78, 5) is 0. The molecule has 0 amide bonds. The maximum atomic E-state index is 5.99. The molecule has 0 aromatic heterocycles. The maximum absolute atomic E-state index is 5.99. The van der Waals surface area contributed by atoms with Crippen molar-refractivity contribution in [3.8, 4) is 0 Å². The fourth-order valence-corrected chi connectivity index (χ4v) is 2.28. The van der Waals surface area contributed by atoms with Crippen molar-refractivity contribution in [1.29, 1.82) is 0 Å². The third-order valence-electron chi connectivity index (χ3n) is 2.95. The standard InChI is InChI=1S/C11H18O/c1-11(2)8-7-9-5-3-4-6-10(9)12-11/h7-10H,3-6H2,1-2H3. The van der Waals surface area contributed by atoms with Gasteiger partial charge in [-0.1, -0.05) is 25.0 Å². The van der Waals surface area contributed by atoms with Gasteiger partial charge in [-0.15, -0.1) is 0 Å². The number of hydrogen-bond acceptors (Lipinski definition) is 1. The van der Waals surface area contributed by atoms with E-state index in [0.29, 0.717) is 12.0 Å². The van der Waals surface area contributed by atoms with Crippen LogP contribution in [-0.4, -0.2) is 11.7 Å². The second-order valence-corrected chi connectivity index (χ2v) is 4.57. The molecule has 2 unspecified atom stereocenters. The molecule has 0 radical (unpaired) electrons. The van der Waals surface area contributed by atoms with E-state index in [4.69, 9.17) is 4.74 Å². The molecule has 1 aliphatic heterocycles. The molecule has 1 saturated carbocycles. The zero-order chi connectivity index (χ0) is 8.60.